The van der Waals surface area contributed by atoms with Gasteiger partial charge in [-0.25, -0.2) is 10.2 Å². The van der Waals surface area contributed by atoms with Crippen LogP contribution in [-0.2, 0) is 4.79 Å². The molecule has 36 heavy (non-hydrogen) atoms. The van der Waals surface area contributed by atoms with Crippen LogP contribution in [0.25, 0.3) is 0 Å². The summed E-state index contributed by atoms with van der Waals surface area (Å²) in [4.78, 5) is 24.8. The number of nitrogens with zero attached hydrogens (tertiary/aromatic N) is 1. The van der Waals surface area contributed by atoms with Gasteiger partial charge in [0.2, 0.25) is 5.75 Å². The van der Waals surface area contributed by atoms with Crippen LogP contribution in [-0.4, -0.2) is 46.0 Å². The Morgan fingerprint density at radius 3 is 2.25 bits per heavy atom. The second kappa shape index (κ2) is 12.3. The van der Waals surface area contributed by atoms with E-state index < -0.39 is 11.9 Å². The summed E-state index contributed by atoms with van der Waals surface area (Å²) in [6.45, 7) is 3.74. The summed E-state index contributed by atoms with van der Waals surface area (Å²) in [7, 11) is 4.40. The van der Waals surface area contributed by atoms with Crippen LogP contribution in [0.3, 0.4) is 0 Å². The van der Waals surface area contributed by atoms with Gasteiger partial charge in [-0.3, -0.25) is 4.79 Å². The summed E-state index contributed by atoms with van der Waals surface area (Å²) in [6, 6.07) is 15.4. The normalized spacial score (nSPS) is 10.6. The smallest absolute Gasteiger partial charge is 0.343 e. The number of amides is 1. The second-order valence-electron chi connectivity index (χ2n) is 7.66. The minimum atomic E-state index is -0.611. The Labute approximate surface area is 209 Å². The minimum absolute atomic E-state index is 0.173. The fraction of sp³-hybridized carbons (Fsp3) is 0.222. The highest BCUT2D eigenvalue weighted by Crippen LogP contribution is 2.38. The summed E-state index contributed by atoms with van der Waals surface area (Å²) in [5.41, 5.74) is 5.31. The third kappa shape index (κ3) is 6.53. The third-order valence-corrected chi connectivity index (χ3v) is 5.29. The number of ether oxygens (including phenoxy) is 5. The van der Waals surface area contributed by atoms with E-state index >= 15 is 0 Å². The molecule has 9 nitrogen and oxygen atoms in total. The molecule has 3 rings (SSSR count). The van der Waals surface area contributed by atoms with Gasteiger partial charge in [-0.15, -0.1) is 0 Å². The lowest BCUT2D eigenvalue weighted by Crippen LogP contribution is -2.24. The van der Waals surface area contributed by atoms with Crippen molar-refractivity contribution in [3.05, 3.63) is 76.9 Å². The fourth-order valence-electron chi connectivity index (χ4n) is 3.26. The Balaban J connectivity index is 1.61. The first kappa shape index (κ1) is 26.1. The van der Waals surface area contributed by atoms with E-state index in [9.17, 15) is 9.59 Å². The van der Waals surface area contributed by atoms with Crippen LogP contribution in [0.15, 0.2) is 59.7 Å². The molecule has 0 aliphatic carbocycles. The lowest BCUT2D eigenvalue weighted by atomic mass is 10.1. The first-order valence-corrected chi connectivity index (χ1v) is 11.0. The maximum Gasteiger partial charge on any atom is 0.343 e. The molecule has 0 bridgehead atoms. The van der Waals surface area contributed by atoms with Crippen molar-refractivity contribution in [2.45, 2.75) is 13.8 Å². The first-order chi connectivity index (χ1) is 17.4. The largest absolute Gasteiger partial charge is 0.493 e. The number of hydrogen-bond donors (Lipinski definition) is 1. The molecular formula is C27H28N2O7. The van der Waals surface area contributed by atoms with Gasteiger partial charge in [0.05, 0.1) is 33.1 Å². The molecule has 0 unspecified atom stereocenters. The quantitative estimate of drug-likeness (QED) is 0.197. The van der Waals surface area contributed by atoms with E-state index in [1.54, 1.807) is 24.3 Å². The molecule has 0 spiro atoms. The van der Waals surface area contributed by atoms with Crippen molar-refractivity contribution in [1.29, 1.82) is 0 Å². The molecule has 1 amide bonds. The predicted molar refractivity (Wildman–Crippen MR) is 135 cm³/mol. The standard InChI is InChI=1S/C27H28N2O7/c1-17-8-6-11-22(18(17)2)35-16-25(30)29-28-15-19-9-7-10-21(12-19)36-27(31)20-13-23(32-3)26(34-5)24(14-20)33-4/h6-15H,16H2,1-5H3,(H,29,30)/b28-15-. The molecule has 9 heteroatoms. The molecule has 0 aliphatic heterocycles. The average Bonchev–Trinajstić information content (AvgIpc) is 2.88. The maximum absolute atomic E-state index is 12.7. The van der Waals surface area contributed by atoms with Gasteiger partial charge in [0.1, 0.15) is 11.5 Å². The first-order valence-electron chi connectivity index (χ1n) is 11.0. The number of hydrogen-bond acceptors (Lipinski definition) is 8. The lowest BCUT2D eigenvalue weighted by Gasteiger charge is -2.13. The van der Waals surface area contributed by atoms with Crippen LogP contribution in [0, 0.1) is 13.8 Å². The van der Waals surface area contributed by atoms with Crippen LogP contribution in [0.4, 0.5) is 0 Å². The highest BCUT2D eigenvalue weighted by atomic mass is 16.5. The van der Waals surface area contributed by atoms with Crippen molar-refractivity contribution < 1.29 is 33.3 Å². The number of carbonyl (C=O) groups excluding carboxylic acids is 2. The molecule has 0 fully saturated rings. The number of hydrazone groups is 1. The SMILES string of the molecule is COc1cc(C(=O)Oc2cccc(/C=N\NC(=O)COc3cccc(C)c3C)c2)cc(OC)c1OC. The van der Waals surface area contributed by atoms with Crippen LogP contribution in [0.5, 0.6) is 28.7 Å². The van der Waals surface area contributed by atoms with Gasteiger partial charge < -0.3 is 23.7 Å². The number of carbonyl (C=O) groups is 2. The fourth-order valence-corrected chi connectivity index (χ4v) is 3.26. The Morgan fingerprint density at radius 1 is 0.889 bits per heavy atom. The second-order valence-corrected chi connectivity index (χ2v) is 7.66. The summed E-state index contributed by atoms with van der Waals surface area (Å²) in [6.07, 6.45) is 1.44. The van der Waals surface area contributed by atoms with Crippen molar-refractivity contribution in [3.8, 4) is 28.7 Å². The average molecular weight is 493 g/mol. The Hall–Kier alpha value is -4.53. The van der Waals surface area contributed by atoms with Gasteiger partial charge in [0.15, 0.2) is 18.1 Å². The predicted octanol–water partition coefficient (Wildman–Crippen LogP) is 4.08. The van der Waals surface area contributed by atoms with Crippen LogP contribution < -0.4 is 29.1 Å². The van der Waals surface area contributed by atoms with Crippen molar-refractivity contribution in [2.24, 2.45) is 5.10 Å². The summed E-state index contributed by atoms with van der Waals surface area (Å²) in [5, 5.41) is 3.94. The van der Waals surface area contributed by atoms with E-state index in [1.165, 1.54) is 39.7 Å². The summed E-state index contributed by atoms with van der Waals surface area (Å²) >= 11 is 0. The molecule has 0 saturated heterocycles. The molecular weight excluding hydrogens is 464 g/mol. The molecule has 0 radical (unpaired) electrons. The number of benzene rings is 3. The number of esters is 1. The molecule has 3 aromatic rings. The molecule has 0 saturated carbocycles. The minimum Gasteiger partial charge on any atom is -0.493 e. The summed E-state index contributed by atoms with van der Waals surface area (Å²) in [5.74, 6) is 0.968. The molecule has 0 aliphatic rings. The number of nitrogens with one attached hydrogen (secondary N) is 1. The van der Waals surface area contributed by atoms with Crippen molar-refractivity contribution >= 4 is 18.1 Å². The Morgan fingerprint density at radius 2 is 1.58 bits per heavy atom. The van der Waals surface area contributed by atoms with Crippen LogP contribution >= 0.6 is 0 Å². The number of aryl methyl sites for hydroxylation is 1. The van der Waals surface area contributed by atoms with E-state index in [-0.39, 0.29) is 12.2 Å². The maximum atomic E-state index is 12.7. The highest BCUT2D eigenvalue weighted by Gasteiger charge is 2.18. The van der Waals surface area contributed by atoms with Gasteiger partial charge in [-0.2, -0.15) is 5.10 Å². The number of methoxy groups -OCH3 is 3. The molecule has 0 heterocycles. The Bertz CT molecular complexity index is 1250. The lowest BCUT2D eigenvalue weighted by molar-refractivity contribution is -0.123. The molecule has 1 N–H and O–H groups in total. The van der Waals surface area contributed by atoms with Crippen molar-refractivity contribution in [2.75, 3.05) is 27.9 Å². The highest BCUT2D eigenvalue weighted by molar-refractivity contribution is 5.93. The van der Waals surface area contributed by atoms with Gasteiger partial charge in [0.25, 0.3) is 5.91 Å². The van der Waals surface area contributed by atoms with E-state index in [0.717, 1.165) is 11.1 Å². The molecule has 3 aromatic carbocycles. The van der Waals surface area contributed by atoms with Gasteiger partial charge in [0, 0.05) is 0 Å². The third-order valence-electron chi connectivity index (χ3n) is 5.29. The van der Waals surface area contributed by atoms with Crippen LogP contribution in [0.2, 0.25) is 0 Å². The summed E-state index contributed by atoms with van der Waals surface area (Å²) < 4.78 is 26.9. The van der Waals surface area contributed by atoms with E-state index in [4.69, 9.17) is 23.7 Å². The Kier molecular flexibility index (Phi) is 8.88. The van der Waals surface area contributed by atoms with E-state index in [1.807, 2.05) is 32.0 Å². The zero-order valence-corrected chi connectivity index (χ0v) is 20.8. The van der Waals surface area contributed by atoms with Gasteiger partial charge >= 0.3 is 5.97 Å². The van der Waals surface area contributed by atoms with Gasteiger partial charge in [-0.05, 0) is 60.9 Å². The van der Waals surface area contributed by atoms with E-state index in [0.29, 0.717) is 34.3 Å². The monoisotopic (exact) mass is 492 g/mol. The van der Waals surface area contributed by atoms with Crippen molar-refractivity contribution in [1.82, 2.24) is 5.43 Å². The number of rotatable bonds is 10. The molecule has 0 atom stereocenters. The van der Waals surface area contributed by atoms with Gasteiger partial charge in [-0.1, -0.05) is 24.3 Å². The van der Waals surface area contributed by atoms with E-state index in [2.05, 4.69) is 10.5 Å². The van der Waals surface area contributed by atoms with Crippen LogP contribution in [0.1, 0.15) is 27.0 Å². The topological polar surface area (TPSA) is 105 Å². The molecule has 0 aromatic heterocycles. The molecule has 188 valence electrons. The van der Waals surface area contributed by atoms with Crippen molar-refractivity contribution in [3.63, 3.8) is 0 Å². The zero-order chi connectivity index (χ0) is 26.1. The zero-order valence-electron chi connectivity index (χ0n) is 20.8.